The summed E-state index contributed by atoms with van der Waals surface area (Å²) in [7, 11) is 1.77. The van der Waals surface area contributed by atoms with Gasteiger partial charge >= 0.3 is 0 Å². The van der Waals surface area contributed by atoms with Gasteiger partial charge in [-0.2, -0.15) is 0 Å². The molecular weight excluding hydrogens is 277 g/mol. The second-order valence-corrected chi connectivity index (χ2v) is 5.09. The SMILES string of the molecule is CN(C(=O)C1CC1)c1ccc(Br)cc1Cl. The summed E-state index contributed by atoms with van der Waals surface area (Å²) in [5.74, 6) is 0.383. The molecule has 1 aromatic carbocycles. The van der Waals surface area contributed by atoms with E-state index in [0.717, 1.165) is 23.0 Å². The molecule has 1 aliphatic carbocycles. The molecule has 0 unspecified atom stereocenters. The quantitative estimate of drug-likeness (QED) is 0.816. The van der Waals surface area contributed by atoms with E-state index < -0.39 is 0 Å². The van der Waals surface area contributed by atoms with E-state index in [4.69, 9.17) is 11.6 Å². The zero-order valence-corrected chi connectivity index (χ0v) is 10.7. The van der Waals surface area contributed by atoms with Gasteiger partial charge in [0.1, 0.15) is 0 Å². The first-order valence-electron chi connectivity index (χ1n) is 4.82. The summed E-state index contributed by atoms with van der Waals surface area (Å²) in [5.41, 5.74) is 0.775. The largest absolute Gasteiger partial charge is 0.314 e. The van der Waals surface area contributed by atoms with Crippen LogP contribution >= 0.6 is 27.5 Å². The smallest absolute Gasteiger partial charge is 0.229 e. The van der Waals surface area contributed by atoms with Crippen LogP contribution in [0.4, 0.5) is 5.69 Å². The van der Waals surface area contributed by atoms with Crippen LogP contribution in [0.25, 0.3) is 0 Å². The highest BCUT2D eigenvalue weighted by Crippen LogP contribution is 2.35. The molecular formula is C11H11BrClNO. The van der Waals surface area contributed by atoms with Crippen molar-refractivity contribution < 1.29 is 4.79 Å². The molecule has 4 heteroatoms. The minimum atomic E-state index is 0.166. The van der Waals surface area contributed by atoms with E-state index in [1.165, 1.54) is 0 Å². The van der Waals surface area contributed by atoms with Crippen molar-refractivity contribution in [2.45, 2.75) is 12.8 Å². The predicted molar refractivity (Wildman–Crippen MR) is 65.3 cm³/mol. The fourth-order valence-electron chi connectivity index (χ4n) is 1.48. The van der Waals surface area contributed by atoms with Crippen molar-refractivity contribution >= 4 is 39.1 Å². The lowest BCUT2D eigenvalue weighted by Crippen LogP contribution is -2.27. The molecule has 0 saturated heterocycles. The molecule has 1 fully saturated rings. The van der Waals surface area contributed by atoms with Gasteiger partial charge in [-0.1, -0.05) is 27.5 Å². The summed E-state index contributed by atoms with van der Waals surface area (Å²) in [5, 5.41) is 0.598. The standard InChI is InChI=1S/C11H11BrClNO/c1-14(11(15)7-2-3-7)10-5-4-8(12)6-9(10)13/h4-7H,2-3H2,1H3. The second-order valence-electron chi connectivity index (χ2n) is 3.77. The van der Waals surface area contributed by atoms with E-state index in [1.807, 2.05) is 12.1 Å². The third kappa shape index (κ3) is 2.34. The number of benzene rings is 1. The first-order chi connectivity index (χ1) is 7.09. The van der Waals surface area contributed by atoms with Gasteiger partial charge in [-0.05, 0) is 31.0 Å². The molecule has 1 saturated carbocycles. The zero-order chi connectivity index (χ0) is 11.0. The van der Waals surface area contributed by atoms with Gasteiger partial charge in [0.2, 0.25) is 5.91 Å². The van der Waals surface area contributed by atoms with Gasteiger partial charge in [0.05, 0.1) is 10.7 Å². The van der Waals surface area contributed by atoms with Crippen LogP contribution in [0.5, 0.6) is 0 Å². The highest BCUT2D eigenvalue weighted by atomic mass is 79.9. The van der Waals surface area contributed by atoms with Crippen LogP contribution in [0.15, 0.2) is 22.7 Å². The number of carbonyl (C=O) groups excluding carboxylic acids is 1. The Morgan fingerprint density at radius 2 is 2.20 bits per heavy atom. The van der Waals surface area contributed by atoms with Gasteiger partial charge in [0, 0.05) is 17.4 Å². The molecule has 15 heavy (non-hydrogen) atoms. The summed E-state index contributed by atoms with van der Waals surface area (Å²) in [6, 6.07) is 5.54. The van der Waals surface area contributed by atoms with Gasteiger partial charge in [-0.15, -0.1) is 0 Å². The molecule has 1 amide bonds. The van der Waals surface area contributed by atoms with E-state index in [0.29, 0.717) is 5.02 Å². The Balaban J connectivity index is 2.24. The van der Waals surface area contributed by atoms with E-state index in [2.05, 4.69) is 15.9 Å². The van der Waals surface area contributed by atoms with Crippen LogP contribution in [0.3, 0.4) is 0 Å². The monoisotopic (exact) mass is 287 g/mol. The Hall–Kier alpha value is -0.540. The number of nitrogens with zero attached hydrogens (tertiary/aromatic N) is 1. The lowest BCUT2D eigenvalue weighted by molar-refractivity contribution is -0.119. The van der Waals surface area contributed by atoms with Gasteiger partial charge in [-0.3, -0.25) is 4.79 Å². The van der Waals surface area contributed by atoms with E-state index in [-0.39, 0.29) is 11.8 Å². The van der Waals surface area contributed by atoms with Gasteiger partial charge in [0.15, 0.2) is 0 Å². The van der Waals surface area contributed by atoms with Crippen LogP contribution in [0.1, 0.15) is 12.8 Å². The molecule has 2 nitrogen and oxygen atoms in total. The first kappa shape index (κ1) is 11.0. The minimum Gasteiger partial charge on any atom is -0.314 e. The Morgan fingerprint density at radius 3 is 2.73 bits per heavy atom. The molecule has 0 atom stereocenters. The van der Waals surface area contributed by atoms with Crippen LogP contribution in [-0.2, 0) is 4.79 Å². The third-order valence-electron chi connectivity index (χ3n) is 2.53. The van der Waals surface area contributed by atoms with Crippen molar-refractivity contribution in [3.8, 4) is 0 Å². The van der Waals surface area contributed by atoms with Crippen molar-refractivity contribution in [3.63, 3.8) is 0 Å². The predicted octanol–water partition coefficient (Wildman–Crippen LogP) is 3.48. The molecule has 2 rings (SSSR count). The summed E-state index contributed by atoms with van der Waals surface area (Å²) < 4.78 is 0.920. The van der Waals surface area contributed by atoms with Gasteiger partial charge in [-0.25, -0.2) is 0 Å². The lowest BCUT2D eigenvalue weighted by Gasteiger charge is -2.18. The molecule has 0 N–H and O–H groups in total. The molecule has 1 aliphatic rings. The maximum Gasteiger partial charge on any atom is 0.229 e. The van der Waals surface area contributed by atoms with Crippen LogP contribution < -0.4 is 4.90 Å². The molecule has 0 bridgehead atoms. The van der Waals surface area contributed by atoms with Gasteiger partial charge < -0.3 is 4.90 Å². The molecule has 1 aromatic rings. The van der Waals surface area contributed by atoms with E-state index >= 15 is 0 Å². The third-order valence-corrected chi connectivity index (χ3v) is 3.32. The van der Waals surface area contributed by atoms with E-state index in [9.17, 15) is 4.79 Å². The fourth-order valence-corrected chi connectivity index (χ4v) is 2.28. The summed E-state index contributed by atoms with van der Waals surface area (Å²) in [6.07, 6.45) is 2.02. The molecule has 0 aromatic heterocycles. The summed E-state index contributed by atoms with van der Waals surface area (Å²) >= 11 is 9.41. The minimum absolute atomic E-state index is 0.166. The Bertz CT molecular complexity index is 404. The number of amides is 1. The topological polar surface area (TPSA) is 20.3 Å². The molecule has 0 radical (unpaired) electrons. The molecule has 0 aliphatic heterocycles. The van der Waals surface area contributed by atoms with Crippen molar-refractivity contribution in [1.29, 1.82) is 0 Å². The van der Waals surface area contributed by atoms with Crippen molar-refractivity contribution in [1.82, 2.24) is 0 Å². The number of hydrogen-bond donors (Lipinski definition) is 0. The number of halogens is 2. The summed E-state index contributed by atoms with van der Waals surface area (Å²) in [6.45, 7) is 0. The number of carbonyl (C=O) groups is 1. The second kappa shape index (κ2) is 4.14. The van der Waals surface area contributed by atoms with E-state index in [1.54, 1.807) is 18.0 Å². The zero-order valence-electron chi connectivity index (χ0n) is 8.34. The first-order valence-corrected chi connectivity index (χ1v) is 5.99. The normalized spacial score (nSPS) is 15.1. The highest BCUT2D eigenvalue weighted by Gasteiger charge is 2.32. The molecule has 80 valence electrons. The highest BCUT2D eigenvalue weighted by molar-refractivity contribution is 9.10. The lowest BCUT2D eigenvalue weighted by atomic mass is 10.2. The Morgan fingerprint density at radius 1 is 1.53 bits per heavy atom. The van der Waals surface area contributed by atoms with Crippen LogP contribution in [-0.4, -0.2) is 13.0 Å². The fraction of sp³-hybridized carbons (Fsp3) is 0.364. The Kier molecular flexibility index (Phi) is 3.03. The average Bonchev–Trinajstić information content (AvgIpc) is 2.99. The Labute approximate surface area is 102 Å². The average molecular weight is 289 g/mol. The molecule has 0 spiro atoms. The number of anilines is 1. The van der Waals surface area contributed by atoms with Gasteiger partial charge in [0.25, 0.3) is 0 Å². The maximum atomic E-state index is 11.8. The van der Waals surface area contributed by atoms with Crippen molar-refractivity contribution in [2.75, 3.05) is 11.9 Å². The van der Waals surface area contributed by atoms with Crippen molar-refractivity contribution in [2.24, 2.45) is 5.92 Å². The maximum absolute atomic E-state index is 11.8. The van der Waals surface area contributed by atoms with Crippen LogP contribution in [0, 0.1) is 5.92 Å². The number of hydrogen-bond acceptors (Lipinski definition) is 1. The molecule has 0 heterocycles. The summed E-state index contributed by atoms with van der Waals surface area (Å²) in [4.78, 5) is 13.4. The van der Waals surface area contributed by atoms with Crippen molar-refractivity contribution in [3.05, 3.63) is 27.7 Å². The number of rotatable bonds is 2. The van der Waals surface area contributed by atoms with Crippen LogP contribution in [0.2, 0.25) is 5.02 Å².